The van der Waals surface area contributed by atoms with Crippen LogP contribution in [0.4, 0.5) is 0 Å². The van der Waals surface area contributed by atoms with Gasteiger partial charge in [-0.1, -0.05) is 36.4 Å². The zero-order valence-electron chi connectivity index (χ0n) is 7.51. The number of rotatable bonds is 4. The van der Waals surface area contributed by atoms with E-state index in [1.807, 2.05) is 0 Å². The lowest BCUT2D eigenvalue weighted by molar-refractivity contribution is -0.135. The summed E-state index contributed by atoms with van der Waals surface area (Å²) < 4.78 is 0. The van der Waals surface area contributed by atoms with Gasteiger partial charge in [0.15, 0.2) is 0 Å². The second-order valence-corrected chi connectivity index (χ2v) is 2.78. The van der Waals surface area contributed by atoms with E-state index in [2.05, 4.69) is 0 Å². The Bertz CT molecular complexity index is 349. The van der Waals surface area contributed by atoms with E-state index in [9.17, 15) is 9.59 Å². The minimum Gasteiger partial charge on any atom is -0.481 e. The second kappa shape index (κ2) is 4.97. The molecule has 72 valence electrons. The maximum absolute atomic E-state index is 10.3. The Hall–Kier alpha value is -1.90. The minimum absolute atomic E-state index is 0.00936. The van der Waals surface area contributed by atoms with Crippen molar-refractivity contribution < 1.29 is 14.7 Å². The zero-order valence-corrected chi connectivity index (χ0v) is 7.51. The van der Waals surface area contributed by atoms with Gasteiger partial charge in [-0.3, -0.25) is 9.59 Å². The van der Waals surface area contributed by atoms with Crippen molar-refractivity contribution >= 4 is 18.3 Å². The highest BCUT2D eigenvalue weighted by atomic mass is 16.4. The summed E-state index contributed by atoms with van der Waals surface area (Å²) in [6.07, 6.45) is 4.06. The van der Waals surface area contributed by atoms with Gasteiger partial charge < -0.3 is 5.11 Å². The molecule has 3 nitrogen and oxygen atoms in total. The Morgan fingerprint density at radius 1 is 1.21 bits per heavy atom. The van der Waals surface area contributed by atoms with Gasteiger partial charge in [0.05, 0.1) is 6.42 Å². The summed E-state index contributed by atoms with van der Waals surface area (Å²) >= 11 is 0. The topological polar surface area (TPSA) is 54.4 Å². The fraction of sp³-hybridized carbons (Fsp3) is 0.0909. The standard InChI is InChI=1S/C11H10O3/c12-8-10-6-4-9(5-7-10)2-1-3-11(13)14/h1-2,4-8H,3H2,(H,13,14)/b2-1+. The number of hydrogen-bond donors (Lipinski definition) is 1. The highest BCUT2D eigenvalue weighted by molar-refractivity contribution is 5.75. The highest BCUT2D eigenvalue weighted by Gasteiger charge is 1.91. The van der Waals surface area contributed by atoms with E-state index in [1.54, 1.807) is 36.4 Å². The van der Waals surface area contributed by atoms with Crippen molar-refractivity contribution in [2.45, 2.75) is 6.42 Å². The van der Waals surface area contributed by atoms with Crippen molar-refractivity contribution in [3.8, 4) is 0 Å². The molecule has 0 heterocycles. The number of aliphatic carboxylic acids is 1. The number of carbonyl (C=O) groups excluding carboxylic acids is 1. The molecule has 0 unspecified atom stereocenters. The molecule has 0 aliphatic rings. The summed E-state index contributed by atoms with van der Waals surface area (Å²) in [6, 6.07) is 6.91. The smallest absolute Gasteiger partial charge is 0.307 e. The Balaban J connectivity index is 2.63. The van der Waals surface area contributed by atoms with Crippen LogP contribution in [0.15, 0.2) is 30.3 Å². The average molecular weight is 190 g/mol. The van der Waals surface area contributed by atoms with Crippen LogP contribution in [0, 0.1) is 0 Å². The molecule has 1 rings (SSSR count). The van der Waals surface area contributed by atoms with Crippen LogP contribution < -0.4 is 0 Å². The molecule has 3 heteroatoms. The molecule has 1 N–H and O–H groups in total. The van der Waals surface area contributed by atoms with Crippen molar-refractivity contribution in [2.24, 2.45) is 0 Å². The molecule has 1 aromatic carbocycles. The quantitative estimate of drug-likeness (QED) is 0.738. The summed E-state index contributed by atoms with van der Waals surface area (Å²) in [7, 11) is 0. The normalized spacial score (nSPS) is 10.3. The van der Waals surface area contributed by atoms with Crippen LogP contribution in [0.1, 0.15) is 22.3 Å². The van der Waals surface area contributed by atoms with Crippen LogP contribution in [-0.4, -0.2) is 17.4 Å². The van der Waals surface area contributed by atoms with E-state index < -0.39 is 5.97 Å². The van der Waals surface area contributed by atoms with Crippen LogP contribution in [-0.2, 0) is 4.79 Å². The number of benzene rings is 1. The molecule has 0 bridgehead atoms. The largest absolute Gasteiger partial charge is 0.481 e. The van der Waals surface area contributed by atoms with Gasteiger partial charge in [-0.05, 0) is 5.56 Å². The fourth-order valence-electron chi connectivity index (χ4n) is 0.982. The van der Waals surface area contributed by atoms with Gasteiger partial charge in [0.25, 0.3) is 0 Å². The Morgan fingerprint density at radius 2 is 1.79 bits per heavy atom. The van der Waals surface area contributed by atoms with E-state index in [4.69, 9.17) is 5.11 Å². The molecule has 0 aliphatic carbocycles. The molecule has 0 aromatic heterocycles. The molecule has 0 radical (unpaired) electrons. The lowest BCUT2D eigenvalue weighted by Gasteiger charge is -1.93. The highest BCUT2D eigenvalue weighted by Crippen LogP contribution is 2.04. The molecule has 0 aliphatic heterocycles. The zero-order chi connectivity index (χ0) is 10.4. The van der Waals surface area contributed by atoms with Gasteiger partial charge >= 0.3 is 5.97 Å². The lowest BCUT2D eigenvalue weighted by Crippen LogP contribution is -1.89. The van der Waals surface area contributed by atoms with Crippen molar-refractivity contribution in [1.82, 2.24) is 0 Å². The van der Waals surface area contributed by atoms with Crippen molar-refractivity contribution in [2.75, 3.05) is 0 Å². The van der Waals surface area contributed by atoms with Crippen LogP contribution in [0.2, 0.25) is 0 Å². The van der Waals surface area contributed by atoms with Crippen LogP contribution in [0.25, 0.3) is 6.08 Å². The number of hydrogen-bond acceptors (Lipinski definition) is 2. The van der Waals surface area contributed by atoms with Crippen LogP contribution in [0.3, 0.4) is 0 Å². The molecule has 0 atom stereocenters. The Morgan fingerprint density at radius 3 is 2.29 bits per heavy atom. The van der Waals surface area contributed by atoms with Crippen molar-refractivity contribution in [3.05, 3.63) is 41.5 Å². The monoisotopic (exact) mass is 190 g/mol. The average Bonchev–Trinajstić information content (AvgIpc) is 2.18. The molecule has 0 fully saturated rings. The van der Waals surface area contributed by atoms with Crippen molar-refractivity contribution in [1.29, 1.82) is 0 Å². The molecular weight excluding hydrogens is 180 g/mol. The summed E-state index contributed by atoms with van der Waals surface area (Å²) in [5, 5.41) is 8.38. The van der Waals surface area contributed by atoms with E-state index in [-0.39, 0.29) is 6.42 Å². The minimum atomic E-state index is -0.856. The van der Waals surface area contributed by atoms with Gasteiger partial charge in [-0.25, -0.2) is 0 Å². The molecule has 0 amide bonds. The predicted molar refractivity (Wildman–Crippen MR) is 53.1 cm³/mol. The second-order valence-electron chi connectivity index (χ2n) is 2.78. The SMILES string of the molecule is O=Cc1ccc(/C=C/CC(=O)O)cc1. The summed E-state index contributed by atoms with van der Waals surface area (Å²) in [4.78, 5) is 20.5. The fourth-order valence-corrected chi connectivity index (χ4v) is 0.982. The molecule has 1 aromatic rings. The van der Waals surface area contributed by atoms with Gasteiger partial charge in [0, 0.05) is 5.56 Å². The van der Waals surface area contributed by atoms with E-state index in [0.29, 0.717) is 5.56 Å². The van der Waals surface area contributed by atoms with Crippen LogP contribution >= 0.6 is 0 Å². The Labute approximate surface area is 81.7 Å². The Kier molecular flexibility index (Phi) is 3.61. The third kappa shape index (κ3) is 3.23. The predicted octanol–water partition coefficient (Wildman–Crippen LogP) is 1.99. The maximum Gasteiger partial charge on any atom is 0.307 e. The molecule has 14 heavy (non-hydrogen) atoms. The number of carbonyl (C=O) groups is 2. The summed E-state index contributed by atoms with van der Waals surface area (Å²) in [5.41, 5.74) is 1.50. The third-order valence-corrected chi connectivity index (χ3v) is 1.68. The van der Waals surface area contributed by atoms with Crippen LogP contribution in [0.5, 0.6) is 0 Å². The van der Waals surface area contributed by atoms with Gasteiger partial charge in [-0.2, -0.15) is 0 Å². The van der Waals surface area contributed by atoms with E-state index in [0.717, 1.165) is 11.8 Å². The first-order valence-corrected chi connectivity index (χ1v) is 4.16. The van der Waals surface area contributed by atoms with Crippen molar-refractivity contribution in [3.63, 3.8) is 0 Å². The third-order valence-electron chi connectivity index (χ3n) is 1.68. The number of carboxylic acids is 1. The molecular formula is C11H10O3. The van der Waals surface area contributed by atoms with E-state index >= 15 is 0 Å². The van der Waals surface area contributed by atoms with Gasteiger partial charge in [0.2, 0.25) is 0 Å². The first kappa shape index (κ1) is 10.2. The number of carboxylic acid groups (broad SMARTS) is 1. The number of aldehydes is 1. The summed E-state index contributed by atoms with van der Waals surface area (Å²) in [6.45, 7) is 0. The molecule has 0 saturated heterocycles. The lowest BCUT2D eigenvalue weighted by atomic mass is 10.1. The first-order chi connectivity index (χ1) is 6.72. The first-order valence-electron chi connectivity index (χ1n) is 4.16. The summed E-state index contributed by atoms with van der Waals surface area (Å²) in [5.74, 6) is -0.856. The maximum atomic E-state index is 10.3. The molecule has 0 spiro atoms. The molecule has 0 saturated carbocycles. The van der Waals surface area contributed by atoms with E-state index in [1.165, 1.54) is 0 Å². The van der Waals surface area contributed by atoms with Gasteiger partial charge in [-0.15, -0.1) is 0 Å². The van der Waals surface area contributed by atoms with Gasteiger partial charge in [0.1, 0.15) is 6.29 Å².